The summed E-state index contributed by atoms with van der Waals surface area (Å²) in [5.41, 5.74) is 2.17. The van der Waals surface area contributed by atoms with Crippen molar-refractivity contribution in [3.63, 3.8) is 0 Å². The zero-order valence-electron chi connectivity index (χ0n) is 13.4. The molecule has 0 fully saturated rings. The van der Waals surface area contributed by atoms with Crippen molar-refractivity contribution in [2.24, 2.45) is 0 Å². The van der Waals surface area contributed by atoms with Crippen molar-refractivity contribution in [2.75, 3.05) is 0 Å². The van der Waals surface area contributed by atoms with Gasteiger partial charge in [-0.15, -0.1) is 11.3 Å². The lowest BCUT2D eigenvalue weighted by molar-refractivity contribution is 1.62. The summed E-state index contributed by atoms with van der Waals surface area (Å²) in [6.45, 7) is 0. The molecule has 0 aliphatic rings. The van der Waals surface area contributed by atoms with Crippen molar-refractivity contribution < 1.29 is 0 Å². The highest BCUT2D eigenvalue weighted by molar-refractivity contribution is 9.10. The lowest BCUT2D eigenvalue weighted by Gasteiger charge is -2.11. The van der Waals surface area contributed by atoms with Gasteiger partial charge in [-0.1, -0.05) is 65.7 Å². The Kier molecular flexibility index (Phi) is 3.98. The standard InChI is InChI=1S/C22H11BrCl2S/c23-21-18(24)9-12(10-19(21)25)16-11-17-14-6-3-4-8-20(14)26-22(17)15-7-2-1-5-13(15)16/h1-11H. The maximum absolute atomic E-state index is 6.38. The van der Waals surface area contributed by atoms with Crippen LogP contribution in [0.15, 0.2) is 71.2 Å². The largest absolute Gasteiger partial charge is 0.135 e. The Labute approximate surface area is 173 Å². The normalized spacial score (nSPS) is 11.7. The molecular weight excluding hydrogens is 447 g/mol. The van der Waals surface area contributed by atoms with Crippen molar-refractivity contribution in [3.8, 4) is 11.1 Å². The van der Waals surface area contributed by atoms with Crippen LogP contribution in [-0.2, 0) is 0 Å². The molecule has 4 heteroatoms. The molecule has 4 aromatic carbocycles. The summed E-state index contributed by atoms with van der Waals surface area (Å²) in [5, 5.41) is 6.26. The second-order valence-electron chi connectivity index (χ2n) is 6.20. The third-order valence-electron chi connectivity index (χ3n) is 4.68. The van der Waals surface area contributed by atoms with Crippen molar-refractivity contribution in [1.29, 1.82) is 0 Å². The third-order valence-corrected chi connectivity index (χ3v) is 7.81. The number of hydrogen-bond donors (Lipinski definition) is 0. The fourth-order valence-electron chi connectivity index (χ4n) is 3.50. The number of hydrogen-bond acceptors (Lipinski definition) is 1. The van der Waals surface area contributed by atoms with E-state index in [9.17, 15) is 0 Å². The summed E-state index contributed by atoms with van der Waals surface area (Å²) in [6.07, 6.45) is 0. The molecular formula is C22H11BrCl2S. The average molecular weight is 458 g/mol. The average Bonchev–Trinajstić information content (AvgIpc) is 3.04. The van der Waals surface area contributed by atoms with Crippen LogP contribution in [0.4, 0.5) is 0 Å². The van der Waals surface area contributed by atoms with Crippen LogP contribution in [0.5, 0.6) is 0 Å². The van der Waals surface area contributed by atoms with Gasteiger partial charge in [-0.3, -0.25) is 0 Å². The third kappa shape index (κ3) is 2.48. The maximum atomic E-state index is 6.38. The summed E-state index contributed by atoms with van der Waals surface area (Å²) < 4.78 is 3.35. The monoisotopic (exact) mass is 456 g/mol. The van der Waals surface area contributed by atoms with E-state index in [-0.39, 0.29) is 0 Å². The molecule has 0 amide bonds. The molecule has 0 saturated carbocycles. The number of rotatable bonds is 1. The minimum Gasteiger partial charge on any atom is -0.135 e. The van der Waals surface area contributed by atoms with Crippen LogP contribution in [0.25, 0.3) is 42.1 Å². The van der Waals surface area contributed by atoms with Gasteiger partial charge in [-0.2, -0.15) is 0 Å². The first-order valence-electron chi connectivity index (χ1n) is 8.11. The van der Waals surface area contributed by atoms with E-state index >= 15 is 0 Å². The number of benzene rings is 4. The minimum atomic E-state index is 0.617. The van der Waals surface area contributed by atoms with Gasteiger partial charge in [-0.25, -0.2) is 0 Å². The fourth-order valence-corrected chi connectivity index (χ4v) is 5.43. The van der Waals surface area contributed by atoms with Gasteiger partial charge in [0, 0.05) is 25.6 Å². The molecule has 0 aliphatic carbocycles. The van der Waals surface area contributed by atoms with Crippen LogP contribution >= 0.6 is 50.5 Å². The molecule has 0 nitrogen and oxygen atoms in total. The maximum Gasteiger partial charge on any atom is 0.0569 e. The highest BCUT2D eigenvalue weighted by Gasteiger charge is 2.14. The fraction of sp³-hybridized carbons (Fsp3) is 0. The summed E-state index contributed by atoms with van der Waals surface area (Å²) in [4.78, 5) is 0. The Morgan fingerprint density at radius 2 is 1.31 bits per heavy atom. The molecule has 26 heavy (non-hydrogen) atoms. The molecule has 0 unspecified atom stereocenters. The Morgan fingerprint density at radius 1 is 0.692 bits per heavy atom. The number of fused-ring (bicyclic) bond motifs is 5. The van der Waals surface area contributed by atoms with Crippen molar-refractivity contribution in [3.05, 3.63) is 81.2 Å². The first kappa shape index (κ1) is 16.6. The molecule has 1 aromatic heterocycles. The van der Waals surface area contributed by atoms with Crippen LogP contribution in [0, 0.1) is 0 Å². The van der Waals surface area contributed by atoms with Crippen LogP contribution in [0.1, 0.15) is 0 Å². The molecule has 0 aliphatic heterocycles. The Balaban J connectivity index is 1.97. The van der Waals surface area contributed by atoms with Crippen LogP contribution < -0.4 is 0 Å². The van der Waals surface area contributed by atoms with E-state index in [4.69, 9.17) is 23.2 Å². The number of thiophene rings is 1. The highest BCUT2D eigenvalue weighted by atomic mass is 79.9. The highest BCUT2D eigenvalue weighted by Crippen LogP contribution is 2.44. The van der Waals surface area contributed by atoms with E-state index in [1.807, 2.05) is 23.5 Å². The van der Waals surface area contributed by atoms with Gasteiger partial charge in [0.05, 0.1) is 14.5 Å². The predicted molar refractivity (Wildman–Crippen MR) is 120 cm³/mol. The van der Waals surface area contributed by atoms with Crippen LogP contribution in [-0.4, -0.2) is 0 Å². The molecule has 0 saturated heterocycles. The zero-order chi connectivity index (χ0) is 17.8. The summed E-state index contributed by atoms with van der Waals surface area (Å²) in [5.74, 6) is 0. The van der Waals surface area contributed by atoms with Gasteiger partial charge in [0.15, 0.2) is 0 Å². The predicted octanol–water partition coefficient (Wildman–Crippen LogP) is 8.94. The smallest absolute Gasteiger partial charge is 0.0569 e. The topological polar surface area (TPSA) is 0 Å². The van der Waals surface area contributed by atoms with Gasteiger partial charge in [-0.05, 0) is 56.7 Å². The van der Waals surface area contributed by atoms with E-state index in [1.165, 1.54) is 30.9 Å². The molecule has 0 radical (unpaired) electrons. The van der Waals surface area contributed by atoms with Gasteiger partial charge in [0.25, 0.3) is 0 Å². The lowest BCUT2D eigenvalue weighted by Crippen LogP contribution is -1.84. The second kappa shape index (κ2) is 6.24. The van der Waals surface area contributed by atoms with Gasteiger partial charge in [0.2, 0.25) is 0 Å². The SMILES string of the molecule is Clc1cc(-c2cc3c4ccccc4sc3c3ccccc23)cc(Cl)c1Br. The van der Waals surface area contributed by atoms with Crippen molar-refractivity contribution in [2.45, 2.75) is 0 Å². The minimum absolute atomic E-state index is 0.617. The Hall–Kier alpha value is -1.58. The van der Waals surface area contributed by atoms with E-state index in [1.54, 1.807) is 0 Å². The number of halogens is 3. The first-order chi connectivity index (χ1) is 12.6. The van der Waals surface area contributed by atoms with Gasteiger partial charge >= 0.3 is 0 Å². The van der Waals surface area contributed by atoms with Gasteiger partial charge in [0.1, 0.15) is 0 Å². The molecule has 0 bridgehead atoms. The lowest BCUT2D eigenvalue weighted by atomic mass is 9.95. The Morgan fingerprint density at radius 3 is 2.04 bits per heavy atom. The molecule has 126 valence electrons. The second-order valence-corrected chi connectivity index (χ2v) is 8.86. The molecule has 5 rings (SSSR count). The molecule has 0 spiro atoms. The van der Waals surface area contributed by atoms with Crippen LogP contribution in [0.2, 0.25) is 10.0 Å². The molecule has 0 atom stereocenters. The summed E-state index contributed by atoms with van der Waals surface area (Å²) >= 11 is 18.0. The Bertz CT molecular complexity index is 1300. The van der Waals surface area contributed by atoms with Crippen molar-refractivity contribution in [1.82, 2.24) is 0 Å². The molecule has 0 N–H and O–H groups in total. The zero-order valence-corrected chi connectivity index (χ0v) is 17.3. The summed E-state index contributed by atoms with van der Waals surface area (Å²) in [7, 11) is 0. The van der Waals surface area contributed by atoms with E-state index in [0.29, 0.717) is 10.0 Å². The van der Waals surface area contributed by atoms with E-state index < -0.39 is 0 Å². The quantitative estimate of drug-likeness (QED) is 0.220. The van der Waals surface area contributed by atoms with E-state index in [2.05, 4.69) is 70.5 Å². The molecule has 5 aromatic rings. The van der Waals surface area contributed by atoms with Gasteiger partial charge < -0.3 is 0 Å². The summed E-state index contributed by atoms with van der Waals surface area (Å²) in [6, 6.07) is 23.3. The van der Waals surface area contributed by atoms with E-state index in [0.717, 1.165) is 15.6 Å². The molecule has 1 heterocycles. The van der Waals surface area contributed by atoms with Crippen molar-refractivity contribution >= 4 is 81.4 Å². The van der Waals surface area contributed by atoms with Crippen LogP contribution in [0.3, 0.4) is 0 Å². The first-order valence-corrected chi connectivity index (χ1v) is 10.5.